The van der Waals surface area contributed by atoms with Gasteiger partial charge in [-0.3, -0.25) is 9.48 Å². The van der Waals surface area contributed by atoms with Gasteiger partial charge in [0.25, 0.3) is 0 Å². The lowest BCUT2D eigenvalue weighted by molar-refractivity contribution is -0.105. The monoisotopic (exact) mass is 354 g/mol. The highest BCUT2D eigenvalue weighted by atomic mass is 16.4. The maximum atomic E-state index is 11.6. The molecule has 0 spiro atoms. The Kier molecular flexibility index (Phi) is 5.22. The van der Waals surface area contributed by atoms with Crippen molar-refractivity contribution in [2.24, 2.45) is 5.92 Å². The van der Waals surface area contributed by atoms with E-state index >= 15 is 0 Å². The molecule has 0 bridgehead atoms. The highest BCUT2D eigenvalue weighted by Gasteiger charge is 2.28. The van der Waals surface area contributed by atoms with Crippen molar-refractivity contribution in [1.29, 1.82) is 5.26 Å². The summed E-state index contributed by atoms with van der Waals surface area (Å²) in [7, 11) is 0. The van der Waals surface area contributed by atoms with Crippen LogP contribution >= 0.6 is 0 Å². The summed E-state index contributed by atoms with van der Waals surface area (Å²) in [5, 5.41) is 25.3. The number of carbonyl (C=O) groups excluding carboxylic acids is 1. The van der Waals surface area contributed by atoms with E-state index in [0.29, 0.717) is 24.3 Å². The van der Waals surface area contributed by atoms with Crippen LogP contribution in [0, 0.1) is 17.2 Å². The van der Waals surface area contributed by atoms with Crippen LogP contribution in [-0.2, 0) is 4.79 Å². The van der Waals surface area contributed by atoms with E-state index in [1.165, 1.54) is 12.5 Å². The van der Waals surface area contributed by atoms with Crippen molar-refractivity contribution in [2.75, 3.05) is 5.32 Å². The van der Waals surface area contributed by atoms with Crippen molar-refractivity contribution in [3.8, 4) is 17.3 Å². The predicted octanol–water partition coefficient (Wildman–Crippen LogP) is 2.25. The minimum absolute atomic E-state index is 0.0427. The van der Waals surface area contributed by atoms with E-state index in [4.69, 9.17) is 5.26 Å². The van der Waals surface area contributed by atoms with Crippen LogP contribution in [0.5, 0.6) is 0 Å². The van der Waals surface area contributed by atoms with Crippen molar-refractivity contribution in [2.45, 2.75) is 38.1 Å². The fraction of sp³-hybridized carbons (Fsp3) is 0.412. The summed E-state index contributed by atoms with van der Waals surface area (Å²) < 4.78 is 1.73. The van der Waals surface area contributed by atoms with Crippen molar-refractivity contribution in [3.63, 3.8) is 0 Å². The molecule has 0 aromatic carbocycles. The minimum Gasteiger partial charge on any atom is -0.477 e. The smallest absolute Gasteiger partial charge is 0.341 e. The number of aromatic nitrogens is 4. The highest BCUT2D eigenvalue weighted by Crippen LogP contribution is 2.36. The molecule has 1 saturated carbocycles. The topological polar surface area (TPSA) is 134 Å². The van der Waals surface area contributed by atoms with Gasteiger partial charge in [-0.25, -0.2) is 14.8 Å². The summed E-state index contributed by atoms with van der Waals surface area (Å²) in [4.78, 5) is 30.2. The number of carbonyl (C=O) groups is 2. The zero-order chi connectivity index (χ0) is 18.5. The standard InChI is InChI=1S/C17H18N6O3/c18-6-5-13(11-3-1-2-4-11)23-8-12(7-22-23)15-14(17(25)26)16(21-10-24)20-9-19-15/h7-11,13H,1-5H2,(H,25,26)(H,19,20,21,24)/t13-/m1/s1. The van der Waals surface area contributed by atoms with E-state index < -0.39 is 5.97 Å². The lowest BCUT2D eigenvalue weighted by atomic mass is 9.96. The lowest BCUT2D eigenvalue weighted by Crippen LogP contribution is -2.17. The summed E-state index contributed by atoms with van der Waals surface area (Å²) in [5.74, 6) is -0.935. The molecule has 2 aromatic rings. The molecule has 0 radical (unpaired) electrons. The van der Waals surface area contributed by atoms with E-state index in [1.54, 1.807) is 10.9 Å². The van der Waals surface area contributed by atoms with Crippen LogP contribution in [0.3, 0.4) is 0 Å². The molecule has 1 fully saturated rings. The number of hydrogen-bond donors (Lipinski definition) is 2. The number of rotatable bonds is 7. The molecular formula is C17H18N6O3. The Morgan fingerprint density at radius 3 is 2.88 bits per heavy atom. The molecular weight excluding hydrogens is 336 g/mol. The Hall–Kier alpha value is -3.28. The van der Waals surface area contributed by atoms with Crippen molar-refractivity contribution in [1.82, 2.24) is 19.7 Å². The summed E-state index contributed by atoms with van der Waals surface area (Å²) in [5.41, 5.74) is 0.474. The fourth-order valence-electron chi connectivity index (χ4n) is 3.53. The molecule has 3 rings (SSSR count). The minimum atomic E-state index is -1.25. The van der Waals surface area contributed by atoms with Crippen LogP contribution < -0.4 is 5.32 Å². The van der Waals surface area contributed by atoms with Gasteiger partial charge in [-0.1, -0.05) is 12.8 Å². The first-order valence-electron chi connectivity index (χ1n) is 8.35. The van der Waals surface area contributed by atoms with Gasteiger partial charge < -0.3 is 10.4 Å². The van der Waals surface area contributed by atoms with Gasteiger partial charge in [0, 0.05) is 11.8 Å². The molecule has 1 aliphatic carbocycles. The number of carboxylic acid groups (broad SMARTS) is 1. The Morgan fingerprint density at radius 2 is 2.23 bits per heavy atom. The SMILES string of the molecule is N#CC[C@H](C1CCCC1)n1cc(-c2ncnc(NC=O)c2C(=O)O)cn1. The third kappa shape index (κ3) is 3.39. The van der Waals surface area contributed by atoms with Crippen LogP contribution in [0.2, 0.25) is 0 Å². The first kappa shape index (κ1) is 17.5. The van der Waals surface area contributed by atoms with Gasteiger partial charge >= 0.3 is 5.97 Å². The zero-order valence-electron chi connectivity index (χ0n) is 14.0. The maximum Gasteiger partial charge on any atom is 0.341 e. The van der Waals surface area contributed by atoms with E-state index in [2.05, 4.69) is 26.5 Å². The van der Waals surface area contributed by atoms with Crippen LogP contribution in [-0.4, -0.2) is 37.2 Å². The van der Waals surface area contributed by atoms with Crippen molar-refractivity contribution < 1.29 is 14.7 Å². The Balaban J connectivity index is 1.99. The molecule has 9 heteroatoms. The molecule has 0 unspecified atom stereocenters. The second-order valence-corrected chi connectivity index (χ2v) is 6.20. The molecule has 134 valence electrons. The molecule has 0 saturated heterocycles. The quantitative estimate of drug-likeness (QED) is 0.728. The van der Waals surface area contributed by atoms with E-state index in [1.807, 2.05) is 0 Å². The maximum absolute atomic E-state index is 11.6. The van der Waals surface area contributed by atoms with Crippen LogP contribution in [0.15, 0.2) is 18.7 Å². The Bertz CT molecular complexity index is 850. The lowest BCUT2D eigenvalue weighted by Gasteiger charge is -2.21. The molecule has 1 aliphatic rings. The Morgan fingerprint density at radius 1 is 1.46 bits per heavy atom. The van der Waals surface area contributed by atoms with Crippen LogP contribution in [0.1, 0.15) is 48.5 Å². The third-order valence-corrected chi connectivity index (χ3v) is 4.72. The van der Waals surface area contributed by atoms with Crippen LogP contribution in [0.25, 0.3) is 11.3 Å². The normalized spacial score (nSPS) is 15.3. The van der Waals surface area contributed by atoms with E-state index in [-0.39, 0.29) is 23.1 Å². The molecule has 1 amide bonds. The van der Waals surface area contributed by atoms with Crippen molar-refractivity contribution >= 4 is 18.2 Å². The number of nitrogens with zero attached hydrogens (tertiary/aromatic N) is 5. The summed E-state index contributed by atoms with van der Waals surface area (Å²) in [6.45, 7) is 0. The highest BCUT2D eigenvalue weighted by molar-refractivity contribution is 6.01. The molecule has 0 aliphatic heterocycles. The second-order valence-electron chi connectivity index (χ2n) is 6.20. The fourth-order valence-corrected chi connectivity index (χ4v) is 3.53. The number of carboxylic acids is 1. The summed E-state index contributed by atoms with van der Waals surface area (Å²) in [6.07, 6.45) is 9.55. The summed E-state index contributed by atoms with van der Waals surface area (Å²) in [6, 6.07) is 2.18. The van der Waals surface area contributed by atoms with Crippen molar-refractivity contribution in [3.05, 3.63) is 24.3 Å². The van der Waals surface area contributed by atoms with Gasteiger partial charge in [0.2, 0.25) is 6.41 Å². The first-order valence-corrected chi connectivity index (χ1v) is 8.35. The van der Waals surface area contributed by atoms with E-state index in [0.717, 1.165) is 25.7 Å². The number of nitrogens with one attached hydrogen (secondary N) is 1. The summed E-state index contributed by atoms with van der Waals surface area (Å²) >= 11 is 0. The van der Waals surface area contributed by atoms with E-state index in [9.17, 15) is 14.7 Å². The number of anilines is 1. The molecule has 9 nitrogen and oxygen atoms in total. The Labute approximate surface area is 149 Å². The van der Waals surface area contributed by atoms with Gasteiger partial charge in [0.05, 0.1) is 30.4 Å². The predicted molar refractivity (Wildman–Crippen MR) is 91.1 cm³/mol. The second kappa shape index (κ2) is 7.74. The number of nitriles is 1. The van der Waals surface area contributed by atoms with Crippen LogP contribution in [0.4, 0.5) is 5.82 Å². The molecule has 1 atom stereocenters. The van der Waals surface area contributed by atoms with Gasteiger partial charge in [0.15, 0.2) is 5.82 Å². The molecule has 2 N–H and O–H groups in total. The number of aromatic carboxylic acids is 1. The molecule has 2 aromatic heterocycles. The van der Waals surface area contributed by atoms with Gasteiger partial charge in [-0.2, -0.15) is 10.4 Å². The van der Waals surface area contributed by atoms with Gasteiger partial charge in [-0.15, -0.1) is 0 Å². The third-order valence-electron chi connectivity index (χ3n) is 4.72. The number of hydrogen-bond acceptors (Lipinski definition) is 6. The zero-order valence-corrected chi connectivity index (χ0v) is 14.0. The average Bonchev–Trinajstić information content (AvgIpc) is 3.32. The van der Waals surface area contributed by atoms with Gasteiger partial charge in [-0.05, 0) is 18.8 Å². The first-order chi connectivity index (χ1) is 12.7. The largest absolute Gasteiger partial charge is 0.477 e. The molecule has 2 heterocycles. The molecule has 26 heavy (non-hydrogen) atoms. The average molecular weight is 354 g/mol. The van der Waals surface area contributed by atoms with Gasteiger partial charge in [0.1, 0.15) is 11.9 Å². The number of amides is 1.